The van der Waals surface area contributed by atoms with Crippen LogP contribution in [0.3, 0.4) is 0 Å². The summed E-state index contributed by atoms with van der Waals surface area (Å²) in [6.07, 6.45) is 1.65. The number of likely N-dealkylation sites (tertiary alicyclic amines) is 1. The van der Waals surface area contributed by atoms with Gasteiger partial charge in [0.1, 0.15) is 0 Å². The second-order valence-corrected chi connectivity index (χ2v) is 6.76. The molecule has 0 bridgehead atoms. The van der Waals surface area contributed by atoms with E-state index in [0.717, 1.165) is 35.7 Å². The molecule has 2 heterocycles. The summed E-state index contributed by atoms with van der Waals surface area (Å²) in [5.41, 5.74) is 2.22. The van der Waals surface area contributed by atoms with E-state index in [1.807, 2.05) is 29.2 Å². The van der Waals surface area contributed by atoms with Crippen LogP contribution >= 0.6 is 11.8 Å². The van der Waals surface area contributed by atoms with E-state index in [1.54, 1.807) is 11.8 Å². The van der Waals surface area contributed by atoms with Crippen LogP contribution in [0.15, 0.2) is 24.3 Å². The van der Waals surface area contributed by atoms with Gasteiger partial charge in [0.2, 0.25) is 11.8 Å². The van der Waals surface area contributed by atoms with E-state index in [1.165, 1.54) is 0 Å². The van der Waals surface area contributed by atoms with E-state index in [4.69, 9.17) is 0 Å². The van der Waals surface area contributed by atoms with Crippen molar-refractivity contribution in [2.45, 2.75) is 32.0 Å². The maximum absolute atomic E-state index is 11.9. The molecule has 1 unspecified atom stereocenters. The second-order valence-electron chi connectivity index (χ2n) is 5.72. The first-order chi connectivity index (χ1) is 10.7. The van der Waals surface area contributed by atoms with Crippen molar-refractivity contribution in [3.05, 3.63) is 35.4 Å². The zero-order chi connectivity index (χ0) is 15.4. The predicted octanol–water partition coefficient (Wildman–Crippen LogP) is 1.09. The number of rotatable bonds is 5. The van der Waals surface area contributed by atoms with Crippen LogP contribution in [0, 0.1) is 0 Å². The van der Waals surface area contributed by atoms with Crippen LogP contribution < -0.4 is 10.6 Å². The molecule has 2 amide bonds. The minimum atomic E-state index is -0.0644. The minimum absolute atomic E-state index is 0.0644. The number of nitrogens with one attached hydrogen (secondary N) is 2. The Morgan fingerprint density at radius 2 is 2.09 bits per heavy atom. The molecule has 0 saturated carbocycles. The lowest BCUT2D eigenvalue weighted by molar-refractivity contribution is -0.128. The van der Waals surface area contributed by atoms with Crippen molar-refractivity contribution in [2.75, 3.05) is 18.2 Å². The zero-order valence-electron chi connectivity index (χ0n) is 12.5. The summed E-state index contributed by atoms with van der Waals surface area (Å²) in [7, 11) is 0. The van der Waals surface area contributed by atoms with Gasteiger partial charge in [0.15, 0.2) is 0 Å². The van der Waals surface area contributed by atoms with Crippen molar-refractivity contribution in [1.29, 1.82) is 0 Å². The fourth-order valence-electron chi connectivity index (χ4n) is 2.73. The van der Waals surface area contributed by atoms with Crippen LogP contribution in [0.5, 0.6) is 0 Å². The van der Waals surface area contributed by atoms with Crippen LogP contribution in [0.4, 0.5) is 0 Å². The molecule has 2 aliphatic heterocycles. The molecule has 2 saturated heterocycles. The molecule has 22 heavy (non-hydrogen) atoms. The first-order valence-corrected chi connectivity index (χ1v) is 8.82. The highest BCUT2D eigenvalue weighted by atomic mass is 32.2. The normalized spacial score (nSPS) is 21.4. The molecule has 5 nitrogen and oxygen atoms in total. The van der Waals surface area contributed by atoms with Gasteiger partial charge in [0, 0.05) is 37.7 Å². The zero-order valence-corrected chi connectivity index (χ0v) is 13.3. The Hall–Kier alpha value is -1.53. The van der Waals surface area contributed by atoms with E-state index in [9.17, 15) is 9.59 Å². The Kier molecular flexibility index (Phi) is 5.00. The highest BCUT2D eigenvalue weighted by Gasteiger charge is 2.22. The topological polar surface area (TPSA) is 61.4 Å². The molecule has 1 aromatic rings. The molecule has 0 spiro atoms. The maximum Gasteiger partial charge on any atom is 0.238 e. The minimum Gasteiger partial charge on any atom is -0.351 e. The Bertz CT molecular complexity index is 541. The number of thioether (sulfide) groups is 1. The van der Waals surface area contributed by atoms with Gasteiger partial charge in [-0.15, -0.1) is 11.8 Å². The molecule has 0 aliphatic carbocycles. The quantitative estimate of drug-likeness (QED) is 0.853. The molecular weight excluding hydrogens is 298 g/mol. The molecule has 2 fully saturated rings. The van der Waals surface area contributed by atoms with Gasteiger partial charge in [0.05, 0.1) is 6.04 Å². The number of hydrogen-bond acceptors (Lipinski definition) is 4. The van der Waals surface area contributed by atoms with Gasteiger partial charge in [-0.05, 0) is 17.5 Å². The number of benzene rings is 1. The Morgan fingerprint density at radius 1 is 1.32 bits per heavy atom. The van der Waals surface area contributed by atoms with E-state index < -0.39 is 0 Å². The summed E-state index contributed by atoms with van der Waals surface area (Å²) in [6.45, 7) is 2.10. The number of amides is 2. The average Bonchev–Trinajstić information content (AvgIpc) is 3.19. The van der Waals surface area contributed by atoms with Crippen LogP contribution in [0.25, 0.3) is 0 Å². The Morgan fingerprint density at radius 3 is 2.73 bits per heavy atom. The Labute approximate surface area is 134 Å². The first kappa shape index (κ1) is 15.4. The smallest absolute Gasteiger partial charge is 0.238 e. The fraction of sp³-hybridized carbons (Fsp3) is 0.500. The van der Waals surface area contributed by atoms with Crippen molar-refractivity contribution in [2.24, 2.45) is 0 Å². The molecule has 2 N–H and O–H groups in total. The molecule has 3 rings (SSSR count). The van der Waals surface area contributed by atoms with Gasteiger partial charge < -0.3 is 10.2 Å². The van der Waals surface area contributed by atoms with Gasteiger partial charge >= 0.3 is 0 Å². The van der Waals surface area contributed by atoms with Crippen LogP contribution in [-0.4, -0.2) is 40.9 Å². The standard InChI is InChI=1S/C16H21N3O2S/c20-15-2-1-7-19(15)9-13-5-3-12(4-6-13)8-17-16(21)14-10-22-11-18-14/h3-6,14,18H,1-2,7-11H2,(H,17,21). The van der Waals surface area contributed by atoms with Crippen molar-refractivity contribution in [3.63, 3.8) is 0 Å². The SMILES string of the molecule is O=C(NCc1ccc(CN2CCCC2=O)cc1)C1CSCN1. The third-order valence-electron chi connectivity index (χ3n) is 4.07. The van der Waals surface area contributed by atoms with Gasteiger partial charge in [0.25, 0.3) is 0 Å². The summed E-state index contributed by atoms with van der Waals surface area (Å²) in [5, 5.41) is 6.12. The molecule has 2 aliphatic rings. The van der Waals surface area contributed by atoms with Crippen molar-refractivity contribution in [3.8, 4) is 0 Å². The average molecular weight is 319 g/mol. The predicted molar refractivity (Wildman–Crippen MR) is 87.2 cm³/mol. The lowest BCUT2D eigenvalue weighted by Crippen LogP contribution is -2.41. The number of carbonyl (C=O) groups excluding carboxylic acids is 2. The molecule has 1 atom stereocenters. The van der Waals surface area contributed by atoms with E-state index in [-0.39, 0.29) is 17.9 Å². The molecule has 1 aromatic carbocycles. The summed E-state index contributed by atoms with van der Waals surface area (Å²) < 4.78 is 0. The third-order valence-corrected chi connectivity index (χ3v) is 5.01. The van der Waals surface area contributed by atoms with Crippen molar-refractivity contribution >= 4 is 23.6 Å². The Balaban J connectivity index is 1.48. The number of carbonyl (C=O) groups is 2. The van der Waals surface area contributed by atoms with Crippen LogP contribution in [0.1, 0.15) is 24.0 Å². The maximum atomic E-state index is 11.9. The van der Waals surface area contributed by atoms with Gasteiger partial charge in [-0.2, -0.15) is 0 Å². The molecule has 0 radical (unpaired) electrons. The third kappa shape index (κ3) is 3.81. The summed E-state index contributed by atoms with van der Waals surface area (Å²) >= 11 is 1.75. The fourth-order valence-corrected chi connectivity index (χ4v) is 3.67. The van der Waals surface area contributed by atoms with Gasteiger partial charge in [-0.25, -0.2) is 0 Å². The second kappa shape index (κ2) is 7.15. The largest absolute Gasteiger partial charge is 0.351 e. The highest BCUT2D eigenvalue weighted by Crippen LogP contribution is 2.15. The number of hydrogen-bond donors (Lipinski definition) is 2. The molecule has 0 aromatic heterocycles. The monoisotopic (exact) mass is 319 g/mol. The van der Waals surface area contributed by atoms with Gasteiger partial charge in [-0.3, -0.25) is 14.9 Å². The van der Waals surface area contributed by atoms with Crippen molar-refractivity contribution in [1.82, 2.24) is 15.5 Å². The van der Waals surface area contributed by atoms with E-state index in [2.05, 4.69) is 10.6 Å². The summed E-state index contributed by atoms with van der Waals surface area (Å²) in [5.74, 6) is 2.01. The van der Waals surface area contributed by atoms with E-state index >= 15 is 0 Å². The summed E-state index contributed by atoms with van der Waals surface area (Å²) in [4.78, 5) is 25.4. The van der Waals surface area contributed by atoms with Crippen LogP contribution in [-0.2, 0) is 22.7 Å². The number of nitrogens with zero attached hydrogens (tertiary/aromatic N) is 1. The molecule has 118 valence electrons. The molecule has 6 heteroatoms. The first-order valence-electron chi connectivity index (χ1n) is 7.67. The summed E-state index contributed by atoms with van der Waals surface area (Å²) in [6, 6.07) is 8.05. The van der Waals surface area contributed by atoms with Crippen LogP contribution in [0.2, 0.25) is 0 Å². The van der Waals surface area contributed by atoms with Gasteiger partial charge in [-0.1, -0.05) is 24.3 Å². The lowest BCUT2D eigenvalue weighted by Gasteiger charge is -2.16. The van der Waals surface area contributed by atoms with Crippen molar-refractivity contribution < 1.29 is 9.59 Å². The van der Waals surface area contributed by atoms with E-state index in [0.29, 0.717) is 19.5 Å². The lowest BCUT2D eigenvalue weighted by atomic mass is 10.1. The highest BCUT2D eigenvalue weighted by molar-refractivity contribution is 7.99. The molecular formula is C16H21N3O2S.